The van der Waals surface area contributed by atoms with Crippen molar-refractivity contribution in [3.63, 3.8) is 0 Å². The number of piperidine rings is 1. The third kappa shape index (κ3) is 2.99. The first-order valence-corrected chi connectivity index (χ1v) is 8.02. The first-order chi connectivity index (χ1) is 10.7. The molecule has 118 valence electrons. The largest absolute Gasteiger partial charge is 0.340 e. The number of anilines is 1. The maximum Gasteiger partial charge on any atom is 0.242 e. The molecule has 0 aromatic heterocycles. The fraction of sp³-hybridized carbons (Fsp3) is 0.529. The van der Waals surface area contributed by atoms with E-state index in [-0.39, 0.29) is 18.4 Å². The van der Waals surface area contributed by atoms with Gasteiger partial charge in [-0.3, -0.25) is 9.59 Å². The third-order valence-corrected chi connectivity index (χ3v) is 4.67. The maximum atomic E-state index is 12.6. The van der Waals surface area contributed by atoms with Crippen LogP contribution in [0, 0.1) is 0 Å². The highest BCUT2D eigenvalue weighted by Crippen LogP contribution is 2.27. The monoisotopic (exact) mass is 301 g/mol. The van der Waals surface area contributed by atoms with Gasteiger partial charge < -0.3 is 15.1 Å². The Kier molecular flexibility index (Phi) is 4.43. The van der Waals surface area contributed by atoms with Crippen LogP contribution in [0.15, 0.2) is 24.3 Å². The number of aryl methyl sites for hydroxylation is 1. The van der Waals surface area contributed by atoms with E-state index in [0.29, 0.717) is 12.5 Å². The lowest BCUT2D eigenvalue weighted by molar-refractivity contribution is -0.132. The molecule has 1 fully saturated rings. The minimum absolute atomic E-state index is 0.0463. The fourth-order valence-corrected chi connectivity index (χ4v) is 3.34. The quantitative estimate of drug-likeness (QED) is 0.912. The molecule has 1 aromatic carbocycles. The van der Waals surface area contributed by atoms with Gasteiger partial charge >= 0.3 is 0 Å². The summed E-state index contributed by atoms with van der Waals surface area (Å²) in [7, 11) is 1.93. The van der Waals surface area contributed by atoms with Crippen LogP contribution in [-0.4, -0.2) is 49.4 Å². The van der Waals surface area contributed by atoms with Crippen LogP contribution in [0.3, 0.4) is 0 Å². The lowest BCUT2D eigenvalue weighted by atomic mass is 10.0. The van der Waals surface area contributed by atoms with Crippen LogP contribution in [0.25, 0.3) is 0 Å². The van der Waals surface area contributed by atoms with Crippen molar-refractivity contribution in [1.29, 1.82) is 0 Å². The van der Waals surface area contributed by atoms with Gasteiger partial charge in [-0.25, -0.2) is 0 Å². The van der Waals surface area contributed by atoms with Crippen molar-refractivity contribution in [2.75, 3.05) is 31.6 Å². The molecule has 0 radical (unpaired) electrons. The predicted molar refractivity (Wildman–Crippen MR) is 85.8 cm³/mol. The van der Waals surface area contributed by atoms with Crippen molar-refractivity contribution in [2.24, 2.45) is 0 Å². The van der Waals surface area contributed by atoms with Gasteiger partial charge in [-0.15, -0.1) is 0 Å². The number of benzene rings is 1. The third-order valence-electron chi connectivity index (χ3n) is 4.67. The molecule has 1 unspecified atom stereocenters. The molecule has 0 aliphatic carbocycles. The summed E-state index contributed by atoms with van der Waals surface area (Å²) in [5.41, 5.74) is 2.05. The van der Waals surface area contributed by atoms with Gasteiger partial charge in [-0.1, -0.05) is 18.2 Å². The van der Waals surface area contributed by atoms with E-state index in [1.807, 2.05) is 36.2 Å². The first-order valence-electron chi connectivity index (χ1n) is 8.02. The van der Waals surface area contributed by atoms with E-state index in [1.54, 1.807) is 4.90 Å². The minimum atomic E-state index is 0.0463. The fourth-order valence-electron chi connectivity index (χ4n) is 3.34. The molecule has 1 atom stereocenters. The molecule has 5 heteroatoms. The number of para-hydroxylation sites is 1. The molecule has 0 saturated carbocycles. The second-order valence-corrected chi connectivity index (χ2v) is 6.08. The van der Waals surface area contributed by atoms with Crippen LogP contribution >= 0.6 is 0 Å². The smallest absolute Gasteiger partial charge is 0.242 e. The second kappa shape index (κ2) is 6.48. The van der Waals surface area contributed by atoms with Crippen LogP contribution in [0.4, 0.5) is 5.69 Å². The van der Waals surface area contributed by atoms with Crippen molar-refractivity contribution in [3.05, 3.63) is 29.8 Å². The molecule has 0 spiro atoms. The number of likely N-dealkylation sites (N-methyl/N-ethyl adjacent to an activating group) is 1. The van der Waals surface area contributed by atoms with Crippen LogP contribution in [-0.2, 0) is 16.0 Å². The Hall–Kier alpha value is -1.88. The van der Waals surface area contributed by atoms with Gasteiger partial charge in [-0.2, -0.15) is 0 Å². The van der Waals surface area contributed by atoms with E-state index in [9.17, 15) is 9.59 Å². The van der Waals surface area contributed by atoms with Crippen LogP contribution in [0.5, 0.6) is 0 Å². The predicted octanol–water partition coefficient (Wildman–Crippen LogP) is 1.18. The topological polar surface area (TPSA) is 52.7 Å². The number of amides is 2. The molecular weight excluding hydrogens is 278 g/mol. The number of nitrogens with one attached hydrogen (secondary N) is 1. The van der Waals surface area contributed by atoms with Crippen LogP contribution in [0.1, 0.15) is 24.8 Å². The zero-order valence-corrected chi connectivity index (χ0v) is 13.0. The molecule has 22 heavy (non-hydrogen) atoms. The summed E-state index contributed by atoms with van der Waals surface area (Å²) in [6, 6.07) is 8.25. The normalized spacial score (nSPS) is 21.7. The Morgan fingerprint density at radius 2 is 2.14 bits per heavy atom. The summed E-state index contributed by atoms with van der Waals surface area (Å²) in [6.07, 6.45) is 3.38. The van der Waals surface area contributed by atoms with Crippen molar-refractivity contribution < 1.29 is 9.59 Å². The van der Waals surface area contributed by atoms with Crippen molar-refractivity contribution in [3.8, 4) is 0 Å². The average Bonchev–Trinajstić information content (AvgIpc) is 2.57. The number of carbonyl (C=O) groups is 2. The first kappa shape index (κ1) is 15.0. The molecule has 0 bridgehead atoms. The lowest BCUT2D eigenvalue weighted by Crippen LogP contribution is -2.51. The number of carbonyl (C=O) groups excluding carboxylic acids is 2. The van der Waals surface area contributed by atoms with Crippen LogP contribution in [0.2, 0.25) is 0 Å². The van der Waals surface area contributed by atoms with E-state index in [4.69, 9.17) is 0 Å². The Morgan fingerprint density at radius 3 is 2.95 bits per heavy atom. The highest BCUT2D eigenvalue weighted by Gasteiger charge is 2.29. The molecule has 2 heterocycles. The van der Waals surface area contributed by atoms with Gasteiger partial charge in [0.05, 0.1) is 0 Å². The summed E-state index contributed by atoms with van der Waals surface area (Å²) >= 11 is 0. The van der Waals surface area contributed by atoms with Crippen molar-refractivity contribution >= 4 is 17.5 Å². The lowest BCUT2D eigenvalue weighted by Gasteiger charge is -2.35. The van der Waals surface area contributed by atoms with E-state index in [2.05, 4.69) is 5.32 Å². The van der Waals surface area contributed by atoms with Gasteiger partial charge in [0.2, 0.25) is 11.8 Å². The number of hydrogen-bond donors (Lipinski definition) is 1. The minimum Gasteiger partial charge on any atom is -0.340 e. The number of hydrogen-bond acceptors (Lipinski definition) is 3. The highest BCUT2D eigenvalue weighted by molar-refractivity contribution is 6.01. The van der Waals surface area contributed by atoms with Crippen molar-refractivity contribution in [1.82, 2.24) is 10.2 Å². The number of likely N-dealkylation sites (tertiary alicyclic amines) is 1. The maximum absolute atomic E-state index is 12.6. The summed E-state index contributed by atoms with van der Waals surface area (Å²) in [4.78, 5) is 28.4. The van der Waals surface area contributed by atoms with E-state index in [1.165, 1.54) is 0 Å². The Labute approximate surface area is 131 Å². The summed E-state index contributed by atoms with van der Waals surface area (Å²) in [6.45, 7) is 1.69. The Bertz CT molecular complexity index is 573. The molecule has 5 nitrogen and oxygen atoms in total. The van der Waals surface area contributed by atoms with Gasteiger partial charge in [0.1, 0.15) is 6.54 Å². The number of nitrogens with zero attached hydrogens (tertiary/aromatic N) is 2. The van der Waals surface area contributed by atoms with Gasteiger partial charge in [0.25, 0.3) is 0 Å². The average molecular weight is 301 g/mol. The highest BCUT2D eigenvalue weighted by atomic mass is 16.2. The summed E-state index contributed by atoms with van der Waals surface area (Å²) in [5.74, 6) is 0.0965. The molecule has 1 N–H and O–H groups in total. The standard InChI is InChI=1S/C17H23N3O2/c1-18-14-6-4-10-19(11-14)17(22)12-20-15-7-3-2-5-13(15)8-9-16(20)21/h2-3,5,7,14,18H,4,6,8-12H2,1H3. The molecule has 1 aromatic rings. The Morgan fingerprint density at radius 1 is 1.32 bits per heavy atom. The molecule has 1 saturated heterocycles. The van der Waals surface area contributed by atoms with Crippen molar-refractivity contribution in [2.45, 2.75) is 31.7 Å². The summed E-state index contributed by atoms with van der Waals surface area (Å²) < 4.78 is 0. The molecular formula is C17H23N3O2. The molecule has 2 aliphatic heterocycles. The molecule has 2 amide bonds. The van der Waals surface area contributed by atoms with E-state index in [0.717, 1.165) is 43.6 Å². The van der Waals surface area contributed by atoms with Crippen LogP contribution < -0.4 is 10.2 Å². The van der Waals surface area contributed by atoms with E-state index < -0.39 is 0 Å². The zero-order chi connectivity index (χ0) is 15.5. The SMILES string of the molecule is CNC1CCCN(C(=O)CN2C(=O)CCc3ccccc32)C1. The number of rotatable bonds is 3. The zero-order valence-electron chi connectivity index (χ0n) is 13.0. The second-order valence-electron chi connectivity index (χ2n) is 6.08. The Balaban J connectivity index is 1.72. The summed E-state index contributed by atoms with van der Waals surface area (Å²) in [5, 5.41) is 3.24. The molecule has 3 rings (SSSR count). The van der Waals surface area contributed by atoms with E-state index >= 15 is 0 Å². The molecule has 2 aliphatic rings. The number of fused-ring (bicyclic) bond motifs is 1. The van der Waals surface area contributed by atoms with Gasteiger partial charge in [-0.05, 0) is 37.9 Å². The van der Waals surface area contributed by atoms with Gasteiger partial charge in [0, 0.05) is 31.2 Å². The van der Waals surface area contributed by atoms with Gasteiger partial charge in [0.15, 0.2) is 0 Å².